The lowest BCUT2D eigenvalue weighted by Gasteiger charge is -2.46. The molecule has 1 saturated carbocycles. The van der Waals surface area contributed by atoms with Gasteiger partial charge in [-0.15, -0.1) is 0 Å². The summed E-state index contributed by atoms with van der Waals surface area (Å²) in [4.78, 5) is 0. The molecular weight excluding hydrogens is 170 g/mol. The third-order valence-corrected chi connectivity index (χ3v) is 4.39. The van der Waals surface area contributed by atoms with Crippen LogP contribution in [-0.2, 0) is 0 Å². The molecule has 2 fully saturated rings. The van der Waals surface area contributed by atoms with Crippen molar-refractivity contribution in [3.63, 3.8) is 0 Å². The molecule has 1 aliphatic carbocycles. The summed E-state index contributed by atoms with van der Waals surface area (Å²) in [6.07, 6.45) is 7.28. The van der Waals surface area contributed by atoms with Gasteiger partial charge in [-0.05, 0) is 50.4 Å². The lowest BCUT2D eigenvalue weighted by molar-refractivity contribution is 0.0974. The van der Waals surface area contributed by atoms with Crippen LogP contribution in [0.1, 0.15) is 52.9 Å². The van der Waals surface area contributed by atoms with Gasteiger partial charge in [0, 0.05) is 12.1 Å². The molecule has 0 radical (unpaired) electrons. The standard InChI is InChI=1S/C13H25N/c1-9(2)12-6-4-5-11-8-7-10(3)14-13(11)12/h9-14H,4-8H2,1-3H3. The molecule has 0 spiro atoms. The Morgan fingerprint density at radius 1 is 1.07 bits per heavy atom. The van der Waals surface area contributed by atoms with Crippen LogP contribution in [0.2, 0.25) is 0 Å². The second-order valence-corrected chi connectivity index (χ2v) is 5.77. The molecule has 0 amide bonds. The summed E-state index contributed by atoms with van der Waals surface area (Å²) in [5, 5.41) is 3.85. The number of hydrogen-bond acceptors (Lipinski definition) is 1. The van der Waals surface area contributed by atoms with E-state index in [0.717, 1.165) is 29.8 Å². The molecule has 1 saturated heterocycles. The van der Waals surface area contributed by atoms with Crippen LogP contribution in [-0.4, -0.2) is 12.1 Å². The fourth-order valence-corrected chi connectivity index (χ4v) is 3.53. The fourth-order valence-electron chi connectivity index (χ4n) is 3.53. The van der Waals surface area contributed by atoms with Crippen molar-refractivity contribution in [1.82, 2.24) is 5.32 Å². The molecule has 1 nitrogen and oxygen atoms in total. The van der Waals surface area contributed by atoms with E-state index in [1.165, 1.54) is 32.1 Å². The summed E-state index contributed by atoms with van der Waals surface area (Å²) in [6.45, 7) is 7.14. The highest BCUT2D eigenvalue weighted by atomic mass is 15.0. The van der Waals surface area contributed by atoms with Gasteiger partial charge in [-0.2, -0.15) is 0 Å². The Morgan fingerprint density at radius 3 is 2.57 bits per heavy atom. The van der Waals surface area contributed by atoms with Gasteiger partial charge < -0.3 is 5.32 Å². The first-order valence-electron chi connectivity index (χ1n) is 6.44. The van der Waals surface area contributed by atoms with Crippen LogP contribution in [0.4, 0.5) is 0 Å². The molecule has 14 heavy (non-hydrogen) atoms. The molecule has 0 bridgehead atoms. The van der Waals surface area contributed by atoms with Crippen LogP contribution in [0.3, 0.4) is 0 Å². The van der Waals surface area contributed by atoms with Crippen LogP contribution in [0.25, 0.3) is 0 Å². The van der Waals surface area contributed by atoms with Gasteiger partial charge >= 0.3 is 0 Å². The van der Waals surface area contributed by atoms with Crippen LogP contribution in [0.5, 0.6) is 0 Å². The van der Waals surface area contributed by atoms with E-state index in [1.54, 1.807) is 0 Å². The summed E-state index contributed by atoms with van der Waals surface area (Å²) in [6, 6.07) is 1.60. The lowest BCUT2D eigenvalue weighted by Crippen LogP contribution is -2.53. The van der Waals surface area contributed by atoms with E-state index in [0.29, 0.717) is 0 Å². The van der Waals surface area contributed by atoms with E-state index < -0.39 is 0 Å². The molecular formula is C13H25N. The molecule has 1 heteroatoms. The minimum absolute atomic E-state index is 0.760. The maximum atomic E-state index is 3.85. The zero-order valence-corrected chi connectivity index (χ0v) is 9.92. The van der Waals surface area contributed by atoms with Gasteiger partial charge in [0.1, 0.15) is 0 Å². The largest absolute Gasteiger partial charge is 0.311 e. The van der Waals surface area contributed by atoms with E-state index in [4.69, 9.17) is 0 Å². The van der Waals surface area contributed by atoms with Crippen molar-refractivity contribution in [2.75, 3.05) is 0 Å². The average Bonchev–Trinajstić information content (AvgIpc) is 2.16. The van der Waals surface area contributed by atoms with Crippen molar-refractivity contribution in [3.05, 3.63) is 0 Å². The van der Waals surface area contributed by atoms with Gasteiger partial charge in [-0.3, -0.25) is 0 Å². The number of fused-ring (bicyclic) bond motifs is 1. The van der Waals surface area contributed by atoms with Crippen molar-refractivity contribution >= 4 is 0 Å². The van der Waals surface area contributed by atoms with Crippen LogP contribution < -0.4 is 5.32 Å². The maximum Gasteiger partial charge on any atom is 0.0128 e. The molecule has 4 atom stereocenters. The lowest BCUT2D eigenvalue weighted by atomic mass is 9.68. The monoisotopic (exact) mass is 195 g/mol. The zero-order chi connectivity index (χ0) is 10.1. The number of piperidine rings is 1. The molecule has 4 unspecified atom stereocenters. The minimum Gasteiger partial charge on any atom is -0.311 e. The molecule has 1 heterocycles. The number of hydrogen-bond donors (Lipinski definition) is 1. The van der Waals surface area contributed by atoms with Crippen LogP contribution in [0.15, 0.2) is 0 Å². The van der Waals surface area contributed by atoms with Crippen molar-refractivity contribution in [2.24, 2.45) is 17.8 Å². The van der Waals surface area contributed by atoms with Crippen molar-refractivity contribution in [1.29, 1.82) is 0 Å². The molecule has 2 rings (SSSR count). The molecule has 1 N–H and O–H groups in total. The zero-order valence-electron chi connectivity index (χ0n) is 9.92. The Bertz CT molecular complexity index is 188. The molecule has 1 aliphatic heterocycles. The summed E-state index contributed by atoms with van der Waals surface area (Å²) in [5.41, 5.74) is 0. The van der Waals surface area contributed by atoms with Crippen molar-refractivity contribution in [2.45, 2.75) is 65.0 Å². The van der Waals surface area contributed by atoms with Gasteiger partial charge in [-0.25, -0.2) is 0 Å². The highest BCUT2D eigenvalue weighted by molar-refractivity contribution is 4.93. The van der Waals surface area contributed by atoms with E-state index >= 15 is 0 Å². The van der Waals surface area contributed by atoms with E-state index in [1.807, 2.05) is 0 Å². The Labute approximate surface area is 88.7 Å². The molecule has 2 aliphatic rings. The first kappa shape index (κ1) is 10.5. The van der Waals surface area contributed by atoms with Gasteiger partial charge in [-0.1, -0.05) is 20.3 Å². The fraction of sp³-hybridized carbons (Fsp3) is 1.00. The van der Waals surface area contributed by atoms with E-state index in [-0.39, 0.29) is 0 Å². The van der Waals surface area contributed by atoms with Crippen molar-refractivity contribution < 1.29 is 0 Å². The molecule has 82 valence electrons. The van der Waals surface area contributed by atoms with E-state index in [2.05, 4.69) is 26.1 Å². The van der Waals surface area contributed by atoms with Crippen molar-refractivity contribution in [3.8, 4) is 0 Å². The Morgan fingerprint density at radius 2 is 1.86 bits per heavy atom. The second-order valence-electron chi connectivity index (χ2n) is 5.77. The summed E-state index contributed by atoms with van der Waals surface area (Å²) in [5.74, 6) is 2.80. The van der Waals surface area contributed by atoms with Gasteiger partial charge in [0.25, 0.3) is 0 Å². The van der Waals surface area contributed by atoms with E-state index in [9.17, 15) is 0 Å². The Kier molecular flexibility index (Phi) is 3.16. The Balaban J connectivity index is 2.04. The summed E-state index contributed by atoms with van der Waals surface area (Å²) in [7, 11) is 0. The predicted octanol–water partition coefficient (Wildman–Crippen LogP) is 3.20. The maximum absolute atomic E-state index is 3.85. The minimum atomic E-state index is 0.760. The second kappa shape index (κ2) is 4.22. The first-order valence-corrected chi connectivity index (χ1v) is 6.44. The summed E-state index contributed by atoms with van der Waals surface area (Å²) >= 11 is 0. The third kappa shape index (κ3) is 1.98. The summed E-state index contributed by atoms with van der Waals surface area (Å²) < 4.78 is 0. The molecule has 0 aromatic carbocycles. The van der Waals surface area contributed by atoms with Gasteiger partial charge in [0.2, 0.25) is 0 Å². The molecule has 0 aromatic rings. The number of nitrogens with one attached hydrogen (secondary N) is 1. The SMILES string of the molecule is CC1CCC2CCCC(C(C)C)C2N1. The topological polar surface area (TPSA) is 12.0 Å². The Hall–Kier alpha value is -0.0400. The third-order valence-electron chi connectivity index (χ3n) is 4.39. The average molecular weight is 195 g/mol. The van der Waals surface area contributed by atoms with Crippen LogP contribution >= 0.6 is 0 Å². The first-order chi connectivity index (χ1) is 6.68. The molecule has 0 aromatic heterocycles. The normalized spacial score (nSPS) is 43.7. The highest BCUT2D eigenvalue weighted by Crippen LogP contribution is 2.38. The quantitative estimate of drug-likeness (QED) is 0.677. The highest BCUT2D eigenvalue weighted by Gasteiger charge is 2.37. The number of rotatable bonds is 1. The van der Waals surface area contributed by atoms with Gasteiger partial charge in [0.05, 0.1) is 0 Å². The smallest absolute Gasteiger partial charge is 0.0128 e. The van der Waals surface area contributed by atoms with Gasteiger partial charge in [0.15, 0.2) is 0 Å². The predicted molar refractivity (Wildman–Crippen MR) is 61.3 cm³/mol. The van der Waals surface area contributed by atoms with Crippen LogP contribution in [0, 0.1) is 17.8 Å².